The van der Waals surface area contributed by atoms with Crippen LogP contribution in [-0.4, -0.2) is 28.3 Å². The number of carbonyl (C=O) groups excluding carboxylic acids is 1. The fraction of sp³-hybridized carbons (Fsp3) is 0.238. The summed E-state index contributed by atoms with van der Waals surface area (Å²) < 4.78 is 1.97. The van der Waals surface area contributed by atoms with Crippen molar-refractivity contribution in [2.45, 2.75) is 25.6 Å². The Labute approximate surface area is 152 Å². The Hall–Kier alpha value is -3.10. The molecule has 0 unspecified atom stereocenters. The van der Waals surface area contributed by atoms with Gasteiger partial charge in [-0.1, -0.05) is 30.3 Å². The monoisotopic (exact) mass is 344 g/mol. The first-order valence-corrected chi connectivity index (χ1v) is 8.72. The number of amides is 1. The third kappa shape index (κ3) is 2.75. The fourth-order valence-electron chi connectivity index (χ4n) is 3.81. The number of hydrogen-bond donors (Lipinski definition) is 1. The molecular formula is C21H20N4O. The summed E-state index contributed by atoms with van der Waals surface area (Å²) in [5.41, 5.74) is 5.00. The molecule has 0 saturated heterocycles. The zero-order valence-electron chi connectivity index (χ0n) is 14.6. The highest BCUT2D eigenvalue weighted by atomic mass is 16.2. The second kappa shape index (κ2) is 6.66. The number of carbonyl (C=O) groups is 1. The quantitative estimate of drug-likeness (QED) is 0.794. The first-order chi connectivity index (χ1) is 12.7. The van der Waals surface area contributed by atoms with Gasteiger partial charge >= 0.3 is 0 Å². The summed E-state index contributed by atoms with van der Waals surface area (Å²) in [6.07, 6.45) is 4.63. The number of aromatic nitrogens is 1. The molecule has 1 aliphatic rings. The summed E-state index contributed by atoms with van der Waals surface area (Å²) in [6.45, 7) is 1.27. The maximum absolute atomic E-state index is 12.5. The van der Waals surface area contributed by atoms with Gasteiger partial charge in [-0.05, 0) is 29.7 Å². The number of likely N-dealkylation sites (N-methyl/N-ethyl adjacent to an activating group) is 1. The van der Waals surface area contributed by atoms with Crippen LogP contribution in [0.15, 0.2) is 54.9 Å². The number of fused-ring (bicyclic) bond motifs is 2. The molecule has 5 nitrogen and oxygen atoms in total. The van der Waals surface area contributed by atoms with E-state index in [9.17, 15) is 10.1 Å². The van der Waals surface area contributed by atoms with Gasteiger partial charge in [0.15, 0.2) is 0 Å². The van der Waals surface area contributed by atoms with Crippen LogP contribution in [0.3, 0.4) is 0 Å². The second-order valence-electron chi connectivity index (χ2n) is 6.64. The van der Waals surface area contributed by atoms with Crippen LogP contribution < -0.4 is 5.32 Å². The van der Waals surface area contributed by atoms with Crippen molar-refractivity contribution in [3.63, 3.8) is 0 Å². The number of rotatable bonds is 3. The summed E-state index contributed by atoms with van der Waals surface area (Å²) in [5.74, 6) is 0.0155. The fourth-order valence-corrected chi connectivity index (χ4v) is 3.81. The van der Waals surface area contributed by atoms with Gasteiger partial charge < -0.3 is 9.72 Å². The van der Waals surface area contributed by atoms with Gasteiger partial charge in [0.25, 0.3) is 0 Å². The summed E-state index contributed by atoms with van der Waals surface area (Å²) >= 11 is 0. The molecule has 0 saturated carbocycles. The normalized spacial score (nSPS) is 16.8. The highest BCUT2D eigenvalue weighted by molar-refractivity contribution is 5.82. The van der Waals surface area contributed by atoms with Gasteiger partial charge in [-0.2, -0.15) is 5.26 Å². The number of nitrogens with one attached hydrogen (secondary N) is 1. The molecule has 130 valence electrons. The minimum Gasteiger partial charge on any atom is -0.358 e. The van der Waals surface area contributed by atoms with Crippen LogP contribution in [0.2, 0.25) is 0 Å². The largest absolute Gasteiger partial charge is 0.358 e. The number of benzene rings is 1. The molecule has 0 bridgehead atoms. The smallest absolute Gasteiger partial charge is 0.237 e. The van der Waals surface area contributed by atoms with E-state index in [1.54, 1.807) is 7.05 Å². The Kier molecular flexibility index (Phi) is 4.19. The molecule has 0 spiro atoms. The van der Waals surface area contributed by atoms with Gasteiger partial charge in [0, 0.05) is 38.1 Å². The molecule has 5 heteroatoms. The van der Waals surface area contributed by atoms with E-state index < -0.39 is 0 Å². The maximum Gasteiger partial charge on any atom is 0.237 e. The summed E-state index contributed by atoms with van der Waals surface area (Å²) in [5, 5.41) is 12.4. The van der Waals surface area contributed by atoms with Crippen molar-refractivity contribution in [2.75, 3.05) is 7.05 Å². The van der Waals surface area contributed by atoms with Crippen molar-refractivity contribution in [1.29, 1.82) is 5.26 Å². The van der Waals surface area contributed by atoms with Crippen LogP contribution in [-0.2, 0) is 24.3 Å². The summed E-state index contributed by atoms with van der Waals surface area (Å²) in [7, 11) is 1.67. The Balaban J connectivity index is 1.72. The van der Waals surface area contributed by atoms with E-state index in [0.29, 0.717) is 25.1 Å². The molecule has 0 fully saturated rings. The molecule has 26 heavy (non-hydrogen) atoms. The van der Waals surface area contributed by atoms with Crippen molar-refractivity contribution < 1.29 is 4.79 Å². The molecular weight excluding hydrogens is 324 g/mol. The Bertz CT molecular complexity index is 1010. The van der Waals surface area contributed by atoms with E-state index in [2.05, 4.69) is 28.4 Å². The van der Waals surface area contributed by atoms with Gasteiger partial charge in [0.05, 0.1) is 17.1 Å². The maximum atomic E-state index is 12.5. The minimum atomic E-state index is -0.232. The van der Waals surface area contributed by atoms with Crippen LogP contribution in [0, 0.1) is 11.3 Å². The SMILES string of the molecule is CNC(=O)[C@H]1Cc2ccccc2CN1Cc1cn2ccccc2c1C#N. The molecule has 4 rings (SSSR count). The van der Waals surface area contributed by atoms with Crippen LogP contribution in [0.5, 0.6) is 0 Å². The zero-order valence-corrected chi connectivity index (χ0v) is 14.6. The Morgan fingerprint density at radius 2 is 2.00 bits per heavy atom. The number of pyridine rings is 1. The minimum absolute atomic E-state index is 0.0155. The van der Waals surface area contributed by atoms with Crippen LogP contribution in [0.1, 0.15) is 22.3 Å². The lowest BCUT2D eigenvalue weighted by Crippen LogP contribution is -2.49. The lowest BCUT2D eigenvalue weighted by molar-refractivity contribution is -0.126. The van der Waals surface area contributed by atoms with Crippen molar-refractivity contribution in [3.05, 3.63) is 77.1 Å². The third-order valence-electron chi connectivity index (χ3n) is 5.14. The van der Waals surface area contributed by atoms with Crippen LogP contribution in [0.4, 0.5) is 0 Å². The third-order valence-corrected chi connectivity index (χ3v) is 5.14. The number of nitrogens with zero attached hydrogens (tertiary/aromatic N) is 3. The first-order valence-electron chi connectivity index (χ1n) is 8.72. The molecule has 3 heterocycles. The lowest BCUT2D eigenvalue weighted by Gasteiger charge is -2.35. The van der Waals surface area contributed by atoms with Gasteiger partial charge in [-0.15, -0.1) is 0 Å². The van der Waals surface area contributed by atoms with E-state index >= 15 is 0 Å². The van der Waals surface area contributed by atoms with Crippen molar-refractivity contribution in [3.8, 4) is 6.07 Å². The highest BCUT2D eigenvalue weighted by Gasteiger charge is 2.31. The molecule has 1 aromatic carbocycles. The van der Waals surface area contributed by atoms with E-state index in [1.807, 2.05) is 47.1 Å². The zero-order chi connectivity index (χ0) is 18.1. The Morgan fingerprint density at radius 1 is 1.23 bits per heavy atom. The average Bonchev–Trinajstić information content (AvgIpc) is 3.03. The van der Waals surface area contributed by atoms with Crippen LogP contribution >= 0.6 is 0 Å². The van der Waals surface area contributed by atoms with Gasteiger partial charge in [0.1, 0.15) is 6.07 Å². The van der Waals surface area contributed by atoms with Crippen molar-refractivity contribution in [2.24, 2.45) is 0 Å². The second-order valence-corrected chi connectivity index (χ2v) is 6.64. The van der Waals surface area contributed by atoms with Gasteiger partial charge in [0.2, 0.25) is 5.91 Å². The molecule has 2 aromatic heterocycles. The summed E-state index contributed by atoms with van der Waals surface area (Å²) in [6, 6.07) is 16.2. The number of hydrogen-bond acceptors (Lipinski definition) is 3. The lowest BCUT2D eigenvalue weighted by atomic mass is 9.93. The number of nitriles is 1. The molecule has 3 aromatic rings. The molecule has 0 radical (unpaired) electrons. The summed E-state index contributed by atoms with van der Waals surface area (Å²) in [4.78, 5) is 14.6. The molecule has 1 atom stereocenters. The topological polar surface area (TPSA) is 60.5 Å². The van der Waals surface area contributed by atoms with Gasteiger partial charge in [-0.25, -0.2) is 0 Å². The van der Waals surface area contributed by atoms with E-state index in [4.69, 9.17) is 0 Å². The van der Waals surface area contributed by atoms with Crippen LogP contribution in [0.25, 0.3) is 5.52 Å². The predicted octanol–water partition coefficient (Wildman–Crippen LogP) is 2.48. The highest BCUT2D eigenvalue weighted by Crippen LogP contribution is 2.27. The predicted molar refractivity (Wildman–Crippen MR) is 99.4 cm³/mol. The van der Waals surface area contributed by atoms with Gasteiger partial charge in [-0.3, -0.25) is 9.69 Å². The van der Waals surface area contributed by atoms with Crippen molar-refractivity contribution >= 4 is 11.4 Å². The van der Waals surface area contributed by atoms with E-state index in [1.165, 1.54) is 11.1 Å². The Morgan fingerprint density at radius 3 is 2.77 bits per heavy atom. The molecule has 1 aliphatic heterocycles. The average molecular weight is 344 g/mol. The van der Waals surface area contributed by atoms with Crippen molar-refractivity contribution in [1.82, 2.24) is 14.6 Å². The van der Waals surface area contributed by atoms with E-state index in [-0.39, 0.29) is 11.9 Å². The molecule has 1 N–H and O–H groups in total. The first kappa shape index (κ1) is 16.4. The molecule has 1 amide bonds. The van der Waals surface area contributed by atoms with E-state index in [0.717, 1.165) is 11.1 Å². The molecule has 0 aliphatic carbocycles. The standard InChI is InChI=1S/C21H20N4O/c1-23-21(26)20-10-15-6-2-3-7-16(15)12-25(20)14-17-13-24-9-5-4-8-19(24)18(17)11-22/h2-9,13,20H,10,12,14H2,1H3,(H,23,26)/t20-/m1/s1.